The Morgan fingerprint density at radius 3 is 1.32 bits per heavy atom. The number of halogens is 1. The van der Waals surface area contributed by atoms with Crippen LogP contribution in [0.15, 0.2) is 29.3 Å². The maximum absolute atomic E-state index is 6.83. The Labute approximate surface area is 158 Å². The van der Waals surface area contributed by atoms with Gasteiger partial charge in [-0.1, -0.05) is 47.0 Å². The summed E-state index contributed by atoms with van der Waals surface area (Å²) in [6, 6.07) is 9.15. The Kier molecular flexibility index (Phi) is 6.11. The van der Waals surface area contributed by atoms with Crippen LogP contribution in [0, 0.1) is 41.5 Å². The molecular formula is C23H30ClN. The summed E-state index contributed by atoms with van der Waals surface area (Å²) in [4.78, 5) is 4.72. The summed E-state index contributed by atoms with van der Waals surface area (Å²) in [6.45, 7) is 17.2. The smallest absolute Gasteiger partial charge is 0.112 e. The van der Waals surface area contributed by atoms with Crippen LogP contribution in [0.4, 0.5) is 0 Å². The van der Waals surface area contributed by atoms with E-state index in [1.807, 2.05) is 0 Å². The van der Waals surface area contributed by atoms with Crippen LogP contribution in [0.3, 0.4) is 0 Å². The Balaban J connectivity index is 2.82. The molecule has 0 aliphatic heterocycles. The highest BCUT2D eigenvalue weighted by molar-refractivity contribution is 6.67. The van der Waals surface area contributed by atoms with E-state index >= 15 is 0 Å². The molecule has 0 aromatic heterocycles. The second kappa shape index (κ2) is 7.74. The Bertz CT molecular complexity index is 711. The Morgan fingerprint density at radius 1 is 0.720 bits per heavy atom. The van der Waals surface area contributed by atoms with Crippen LogP contribution in [0.1, 0.15) is 64.3 Å². The van der Waals surface area contributed by atoms with Crippen LogP contribution in [-0.2, 0) is 0 Å². The minimum atomic E-state index is -0.00901. The molecule has 0 radical (unpaired) electrons. The van der Waals surface area contributed by atoms with Crippen molar-refractivity contribution in [3.05, 3.63) is 68.8 Å². The van der Waals surface area contributed by atoms with Gasteiger partial charge < -0.3 is 0 Å². The summed E-state index contributed by atoms with van der Waals surface area (Å²) in [5, 5.41) is 0.681. The molecule has 0 saturated heterocycles. The highest BCUT2D eigenvalue weighted by Crippen LogP contribution is 2.37. The van der Waals surface area contributed by atoms with Crippen LogP contribution >= 0.6 is 11.6 Å². The van der Waals surface area contributed by atoms with Gasteiger partial charge in [-0.3, -0.25) is 4.99 Å². The molecule has 2 aromatic rings. The summed E-state index contributed by atoms with van der Waals surface area (Å²) in [6.07, 6.45) is 0. The van der Waals surface area contributed by atoms with Crippen LogP contribution in [0.2, 0.25) is 0 Å². The number of aliphatic imine (C=N–C) groups is 1. The van der Waals surface area contributed by atoms with Crippen molar-refractivity contribution in [2.24, 2.45) is 4.99 Å². The number of hydrogen-bond acceptors (Lipinski definition) is 1. The second-order valence-electron chi connectivity index (χ2n) is 7.60. The number of hydrogen-bond donors (Lipinski definition) is 0. The summed E-state index contributed by atoms with van der Waals surface area (Å²) < 4.78 is 0. The minimum absolute atomic E-state index is 0.00901. The molecule has 0 fully saturated rings. The van der Waals surface area contributed by atoms with Crippen LogP contribution in [-0.4, -0.2) is 11.2 Å². The lowest BCUT2D eigenvalue weighted by Crippen LogP contribution is -2.17. The Morgan fingerprint density at radius 2 is 1.04 bits per heavy atom. The number of rotatable bonds is 4. The third-order valence-corrected chi connectivity index (χ3v) is 4.99. The lowest BCUT2D eigenvalue weighted by Gasteiger charge is -2.26. The third kappa shape index (κ3) is 4.33. The van der Waals surface area contributed by atoms with Gasteiger partial charge >= 0.3 is 0 Å². The molecular weight excluding hydrogens is 326 g/mol. The van der Waals surface area contributed by atoms with Gasteiger partial charge in [0, 0.05) is 6.04 Å². The van der Waals surface area contributed by atoms with Gasteiger partial charge in [0.25, 0.3) is 0 Å². The molecule has 0 heterocycles. The van der Waals surface area contributed by atoms with Crippen LogP contribution in [0.25, 0.3) is 0 Å². The first-order valence-electron chi connectivity index (χ1n) is 9.00. The molecule has 0 spiro atoms. The molecule has 2 rings (SSSR count). The zero-order valence-electron chi connectivity index (χ0n) is 16.8. The molecule has 0 bridgehead atoms. The molecule has 0 N–H and O–H groups in total. The number of aryl methyl sites for hydroxylation is 6. The molecule has 0 saturated carbocycles. The topological polar surface area (TPSA) is 12.4 Å². The first-order chi connectivity index (χ1) is 11.6. The lowest BCUT2D eigenvalue weighted by molar-refractivity contribution is 0.828. The van der Waals surface area contributed by atoms with Crippen molar-refractivity contribution in [1.29, 1.82) is 0 Å². The van der Waals surface area contributed by atoms with E-state index in [1.54, 1.807) is 0 Å². The standard InChI is InChI=1S/C23H30ClN/c1-13(2)25-23(24)22(20-16(5)9-14(3)10-17(20)6)21-18(7)11-15(4)12-19(21)8/h9-13,22H,1-8H3. The summed E-state index contributed by atoms with van der Waals surface area (Å²) in [5.74, 6) is -0.00901. The van der Waals surface area contributed by atoms with Crippen molar-refractivity contribution in [2.75, 3.05) is 0 Å². The molecule has 1 nitrogen and oxygen atoms in total. The van der Waals surface area contributed by atoms with E-state index in [9.17, 15) is 0 Å². The average Bonchev–Trinajstić information content (AvgIpc) is 2.42. The molecule has 2 aromatic carbocycles. The fraction of sp³-hybridized carbons (Fsp3) is 0.435. The van der Waals surface area contributed by atoms with Gasteiger partial charge in [-0.15, -0.1) is 0 Å². The van der Waals surface area contributed by atoms with E-state index < -0.39 is 0 Å². The van der Waals surface area contributed by atoms with Gasteiger partial charge in [0.05, 0.1) is 5.92 Å². The molecule has 0 unspecified atom stereocenters. The van der Waals surface area contributed by atoms with E-state index in [4.69, 9.17) is 16.6 Å². The van der Waals surface area contributed by atoms with Crippen molar-refractivity contribution in [1.82, 2.24) is 0 Å². The van der Waals surface area contributed by atoms with E-state index in [-0.39, 0.29) is 12.0 Å². The van der Waals surface area contributed by atoms with Crippen molar-refractivity contribution >= 4 is 16.8 Å². The van der Waals surface area contributed by atoms with E-state index in [1.165, 1.54) is 44.5 Å². The Hall–Kier alpha value is -1.60. The molecule has 134 valence electrons. The van der Waals surface area contributed by atoms with Gasteiger partial charge in [0.15, 0.2) is 0 Å². The molecule has 2 heteroatoms. The van der Waals surface area contributed by atoms with Gasteiger partial charge in [-0.2, -0.15) is 0 Å². The molecule has 25 heavy (non-hydrogen) atoms. The van der Waals surface area contributed by atoms with Crippen molar-refractivity contribution in [2.45, 2.75) is 67.3 Å². The van der Waals surface area contributed by atoms with E-state index in [2.05, 4.69) is 79.7 Å². The van der Waals surface area contributed by atoms with E-state index in [0.717, 1.165) is 0 Å². The third-order valence-electron chi connectivity index (χ3n) is 4.67. The molecule has 0 atom stereocenters. The summed E-state index contributed by atoms with van der Waals surface area (Å²) in [7, 11) is 0. The highest BCUT2D eigenvalue weighted by atomic mass is 35.5. The maximum atomic E-state index is 6.83. The van der Waals surface area contributed by atoms with Crippen molar-refractivity contribution < 1.29 is 0 Å². The largest absolute Gasteiger partial charge is 0.274 e. The number of nitrogens with zero attached hydrogens (tertiary/aromatic N) is 1. The molecule has 0 amide bonds. The molecule has 0 aliphatic rings. The van der Waals surface area contributed by atoms with Gasteiger partial charge in [0.1, 0.15) is 5.17 Å². The van der Waals surface area contributed by atoms with Gasteiger partial charge in [-0.25, -0.2) is 0 Å². The van der Waals surface area contributed by atoms with Gasteiger partial charge in [-0.05, 0) is 88.8 Å². The normalized spacial score (nSPS) is 12.4. The predicted octanol–water partition coefficient (Wildman–Crippen LogP) is 6.71. The highest BCUT2D eigenvalue weighted by Gasteiger charge is 2.26. The number of benzene rings is 2. The first-order valence-corrected chi connectivity index (χ1v) is 9.38. The van der Waals surface area contributed by atoms with Crippen molar-refractivity contribution in [3.63, 3.8) is 0 Å². The quantitative estimate of drug-likeness (QED) is 0.540. The van der Waals surface area contributed by atoms with Crippen LogP contribution in [0.5, 0.6) is 0 Å². The van der Waals surface area contributed by atoms with Gasteiger partial charge in [0.2, 0.25) is 0 Å². The summed E-state index contributed by atoms with van der Waals surface area (Å²) >= 11 is 6.83. The first kappa shape index (κ1) is 19.7. The lowest BCUT2D eigenvalue weighted by atomic mass is 9.81. The minimum Gasteiger partial charge on any atom is -0.274 e. The summed E-state index contributed by atoms with van der Waals surface area (Å²) in [5.41, 5.74) is 10.2. The predicted molar refractivity (Wildman–Crippen MR) is 112 cm³/mol. The molecule has 0 aliphatic carbocycles. The zero-order valence-corrected chi connectivity index (χ0v) is 17.5. The maximum Gasteiger partial charge on any atom is 0.112 e. The van der Waals surface area contributed by atoms with E-state index in [0.29, 0.717) is 5.17 Å². The fourth-order valence-electron chi connectivity index (χ4n) is 4.00. The van der Waals surface area contributed by atoms with Crippen LogP contribution < -0.4 is 0 Å². The zero-order chi connectivity index (χ0) is 18.9. The fourth-order valence-corrected chi connectivity index (χ4v) is 4.41. The van der Waals surface area contributed by atoms with Crippen molar-refractivity contribution in [3.8, 4) is 0 Å². The monoisotopic (exact) mass is 355 g/mol. The second-order valence-corrected chi connectivity index (χ2v) is 7.99. The SMILES string of the molecule is Cc1cc(C)c(C(C(Cl)=NC(C)C)c2c(C)cc(C)cc2C)c(C)c1. The average molecular weight is 356 g/mol.